The maximum Gasteiger partial charge on any atom is 0.230 e. The number of carbonyl (C=O) groups excluding carboxylic acids is 1. The maximum atomic E-state index is 12.7. The number of carbonyl (C=O) groups is 1. The fraction of sp³-hybridized carbons (Fsp3) is 0.444. The second-order valence-electron chi connectivity index (χ2n) is 6.23. The third-order valence-corrected chi connectivity index (χ3v) is 4.16. The molecule has 0 bridgehead atoms. The van der Waals surface area contributed by atoms with E-state index in [0.717, 1.165) is 16.8 Å². The molecule has 0 aromatic heterocycles. The zero-order valence-electron chi connectivity index (χ0n) is 13.3. The van der Waals surface area contributed by atoms with Crippen molar-refractivity contribution in [1.82, 2.24) is 4.90 Å². The molecular weight excluding hydrogens is 260 g/mol. The van der Waals surface area contributed by atoms with Gasteiger partial charge in [-0.1, -0.05) is 52.0 Å². The van der Waals surface area contributed by atoms with E-state index in [-0.39, 0.29) is 17.7 Å². The molecule has 2 rings (SSSR count). The van der Waals surface area contributed by atoms with E-state index in [1.54, 1.807) is 4.90 Å². The Bertz CT molecular complexity index is 637. The summed E-state index contributed by atoms with van der Waals surface area (Å²) in [6, 6.07) is 10.3. The summed E-state index contributed by atoms with van der Waals surface area (Å²) in [6.45, 7) is 9.65. The van der Waals surface area contributed by atoms with Crippen LogP contribution in [-0.4, -0.2) is 10.8 Å². The Kier molecular flexibility index (Phi) is 3.91. The number of benzene rings is 1. The normalized spacial score (nSPS) is 21.0. The zero-order valence-corrected chi connectivity index (χ0v) is 13.3. The third-order valence-electron chi connectivity index (χ3n) is 4.16. The van der Waals surface area contributed by atoms with Gasteiger partial charge in [0.05, 0.1) is 6.07 Å². The van der Waals surface area contributed by atoms with Gasteiger partial charge in [0.1, 0.15) is 0 Å². The topological polar surface area (TPSA) is 44.1 Å². The second kappa shape index (κ2) is 5.37. The Morgan fingerprint density at radius 2 is 1.86 bits per heavy atom. The summed E-state index contributed by atoms with van der Waals surface area (Å²) in [5.74, 6) is -0.159. The van der Waals surface area contributed by atoms with Crippen LogP contribution in [-0.2, 0) is 10.3 Å². The van der Waals surface area contributed by atoms with Crippen LogP contribution in [0.15, 0.2) is 30.0 Å². The molecule has 1 heterocycles. The number of hydrogen-bond donors (Lipinski definition) is 0. The summed E-state index contributed by atoms with van der Waals surface area (Å²) < 4.78 is 0. The van der Waals surface area contributed by atoms with Crippen LogP contribution in [0.3, 0.4) is 0 Å². The van der Waals surface area contributed by atoms with E-state index in [1.165, 1.54) is 0 Å². The molecule has 1 aromatic carbocycles. The Morgan fingerprint density at radius 3 is 2.38 bits per heavy atom. The van der Waals surface area contributed by atoms with Crippen LogP contribution in [0.1, 0.15) is 45.7 Å². The first-order valence-electron chi connectivity index (χ1n) is 7.39. The van der Waals surface area contributed by atoms with E-state index in [2.05, 4.69) is 6.07 Å². The summed E-state index contributed by atoms with van der Waals surface area (Å²) in [5, 5.41) is 10.0. The van der Waals surface area contributed by atoms with Crippen molar-refractivity contribution in [3.8, 4) is 6.07 Å². The Hall–Kier alpha value is -2.08. The van der Waals surface area contributed by atoms with Crippen LogP contribution in [0.2, 0.25) is 0 Å². The highest BCUT2D eigenvalue weighted by Gasteiger charge is 2.48. The Morgan fingerprint density at radius 1 is 1.24 bits per heavy atom. The fourth-order valence-electron chi connectivity index (χ4n) is 3.07. The lowest BCUT2D eigenvalue weighted by molar-refractivity contribution is -0.138. The Labute approximate surface area is 126 Å². The van der Waals surface area contributed by atoms with Crippen molar-refractivity contribution in [3.05, 3.63) is 41.1 Å². The molecule has 0 spiro atoms. The molecule has 3 heteroatoms. The average molecular weight is 282 g/mol. The fourth-order valence-corrected chi connectivity index (χ4v) is 3.07. The van der Waals surface area contributed by atoms with Crippen LogP contribution < -0.4 is 0 Å². The first kappa shape index (κ1) is 15.3. The quantitative estimate of drug-likeness (QED) is 0.825. The molecule has 0 saturated heterocycles. The number of nitriles is 1. The van der Waals surface area contributed by atoms with Gasteiger partial charge in [0, 0.05) is 11.6 Å². The maximum absolute atomic E-state index is 12.7. The molecule has 0 aliphatic carbocycles. The van der Waals surface area contributed by atoms with E-state index < -0.39 is 5.54 Å². The van der Waals surface area contributed by atoms with Crippen molar-refractivity contribution in [3.63, 3.8) is 0 Å². The predicted molar refractivity (Wildman–Crippen MR) is 83.9 cm³/mol. The highest BCUT2D eigenvalue weighted by molar-refractivity contribution is 5.84. The molecule has 1 unspecified atom stereocenters. The lowest BCUT2D eigenvalue weighted by atomic mass is 9.74. The minimum atomic E-state index is -0.934. The number of hydrogen-bond acceptors (Lipinski definition) is 2. The highest BCUT2D eigenvalue weighted by Crippen LogP contribution is 2.44. The van der Waals surface area contributed by atoms with Crippen LogP contribution in [0.4, 0.5) is 0 Å². The molecule has 1 atom stereocenters. The van der Waals surface area contributed by atoms with Gasteiger partial charge in [-0.05, 0) is 30.0 Å². The molecule has 1 amide bonds. The van der Waals surface area contributed by atoms with E-state index in [0.29, 0.717) is 0 Å². The van der Waals surface area contributed by atoms with Crippen molar-refractivity contribution in [2.24, 2.45) is 11.8 Å². The van der Waals surface area contributed by atoms with Gasteiger partial charge in [-0.2, -0.15) is 5.26 Å². The van der Waals surface area contributed by atoms with Gasteiger partial charge in [-0.3, -0.25) is 9.69 Å². The predicted octanol–water partition coefficient (Wildman–Crippen LogP) is 3.92. The van der Waals surface area contributed by atoms with Crippen molar-refractivity contribution < 1.29 is 4.79 Å². The standard InChI is InChI=1S/C18H22N2O/c1-12(2)17(21)20-14(5)10-15-8-6-7-9-16(15)18(20,11-19)13(3)4/h6-10,12-13H,1-5H3. The van der Waals surface area contributed by atoms with Crippen LogP contribution in [0.5, 0.6) is 0 Å². The van der Waals surface area contributed by atoms with Gasteiger partial charge in [-0.15, -0.1) is 0 Å². The Balaban J connectivity index is 2.78. The summed E-state index contributed by atoms with van der Waals surface area (Å²) >= 11 is 0. The molecule has 1 aliphatic rings. The molecule has 1 aromatic rings. The van der Waals surface area contributed by atoms with Crippen molar-refractivity contribution in [2.45, 2.75) is 40.2 Å². The first-order chi connectivity index (χ1) is 9.86. The number of amides is 1. The van der Waals surface area contributed by atoms with Crippen molar-refractivity contribution in [1.29, 1.82) is 5.26 Å². The van der Waals surface area contributed by atoms with Crippen LogP contribution in [0, 0.1) is 23.2 Å². The number of nitrogens with zero attached hydrogens (tertiary/aromatic N) is 2. The summed E-state index contributed by atoms with van der Waals surface area (Å²) in [4.78, 5) is 14.4. The van der Waals surface area contributed by atoms with Gasteiger partial charge < -0.3 is 0 Å². The van der Waals surface area contributed by atoms with Crippen molar-refractivity contribution >= 4 is 12.0 Å². The summed E-state index contributed by atoms with van der Waals surface area (Å²) in [5.41, 5.74) is 1.85. The molecule has 1 aliphatic heterocycles. The monoisotopic (exact) mass is 282 g/mol. The number of allylic oxidation sites excluding steroid dienone is 1. The minimum absolute atomic E-state index is 0.00463. The molecule has 21 heavy (non-hydrogen) atoms. The SMILES string of the molecule is CC1=Cc2ccccc2C(C#N)(C(C)C)N1C(=O)C(C)C. The molecular formula is C18H22N2O. The molecule has 0 fully saturated rings. The lowest BCUT2D eigenvalue weighted by Gasteiger charge is -2.46. The average Bonchev–Trinajstić information content (AvgIpc) is 2.44. The van der Waals surface area contributed by atoms with Gasteiger partial charge in [-0.25, -0.2) is 0 Å². The van der Waals surface area contributed by atoms with E-state index >= 15 is 0 Å². The van der Waals surface area contributed by atoms with Crippen molar-refractivity contribution in [2.75, 3.05) is 0 Å². The molecule has 0 saturated carbocycles. The van der Waals surface area contributed by atoms with Crippen LogP contribution in [0.25, 0.3) is 6.08 Å². The molecule has 0 N–H and O–H groups in total. The largest absolute Gasteiger partial charge is 0.293 e. The minimum Gasteiger partial charge on any atom is -0.293 e. The summed E-state index contributed by atoms with van der Waals surface area (Å²) in [7, 11) is 0. The number of fused-ring (bicyclic) bond motifs is 1. The van der Waals surface area contributed by atoms with Gasteiger partial charge in [0.25, 0.3) is 0 Å². The lowest BCUT2D eigenvalue weighted by Crippen LogP contribution is -2.53. The van der Waals surface area contributed by atoms with Gasteiger partial charge in [0.15, 0.2) is 5.54 Å². The second-order valence-corrected chi connectivity index (χ2v) is 6.23. The molecule has 110 valence electrons. The van der Waals surface area contributed by atoms with E-state index in [9.17, 15) is 10.1 Å². The molecule has 0 radical (unpaired) electrons. The van der Waals surface area contributed by atoms with Crippen LogP contribution >= 0.6 is 0 Å². The zero-order chi connectivity index (χ0) is 15.8. The van der Waals surface area contributed by atoms with E-state index in [1.807, 2.05) is 65.0 Å². The number of rotatable bonds is 2. The smallest absolute Gasteiger partial charge is 0.230 e. The first-order valence-corrected chi connectivity index (χ1v) is 7.39. The highest BCUT2D eigenvalue weighted by atomic mass is 16.2. The third kappa shape index (κ3) is 2.15. The molecule has 3 nitrogen and oxygen atoms in total. The van der Waals surface area contributed by atoms with E-state index in [4.69, 9.17) is 0 Å². The van der Waals surface area contributed by atoms with Gasteiger partial charge >= 0.3 is 0 Å². The summed E-state index contributed by atoms with van der Waals surface area (Å²) in [6.07, 6.45) is 1.99. The van der Waals surface area contributed by atoms with Gasteiger partial charge in [0.2, 0.25) is 5.91 Å².